The van der Waals surface area contributed by atoms with Crippen molar-refractivity contribution in [3.05, 3.63) is 0 Å². The number of halogens is 3. The molecule has 0 aliphatic heterocycles. The summed E-state index contributed by atoms with van der Waals surface area (Å²) in [5.41, 5.74) is 0. The number of hydrogen-bond acceptors (Lipinski definition) is 0. The lowest BCUT2D eigenvalue weighted by Crippen LogP contribution is -2.14. The summed E-state index contributed by atoms with van der Waals surface area (Å²) in [7, 11) is 0. The predicted octanol–water partition coefficient (Wildman–Crippen LogP) is 3.71. The standard InChI is InChI=1S/C6H11Br3/c1-2-3-5(8)6(9)4-7/h5-6H,2-4H2,1H3. The molecule has 56 valence electrons. The van der Waals surface area contributed by atoms with Crippen LogP contribution in [0.1, 0.15) is 19.8 Å². The summed E-state index contributed by atoms with van der Waals surface area (Å²) in [6.07, 6.45) is 2.48. The molecule has 0 rings (SSSR count). The summed E-state index contributed by atoms with van der Waals surface area (Å²) < 4.78 is 0. The van der Waals surface area contributed by atoms with Crippen LogP contribution in [0.4, 0.5) is 0 Å². The smallest absolute Gasteiger partial charge is 0.0367 e. The van der Waals surface area contributed by atoms with Crippen molar-refractivity contribution in [3.8, 4) is 0 Å². The van der Waals surface area contributed by atoms with Gasteiger partial charge in [0.15, 0.2) is 0 Å². The van der Waals surface area contributed by atoms with Crippen LogP contribution in [-0.4, -0.2) is 15.0 Å². The van der Waals surface area contributed by atoms with Gasteiger partial charge in [-0.15, -0.1) is 0 Å². The Kier molecular flexibility index (Phi) is 7.16. The molecule has 0 aromatic heterocycles. The maximum atomic E-state index is 3.59. The van der Waals surface area contributed by atoms with Crippen LogP contribution in [0.3, 0.4) is 0 Å². The van der Waals surface area contributed by atoms with Gasteiger partial charge in [0.25, 0.3) is 0 Å². The Balaban J connectivity index is 3.32. The number of alkyl halides is 3. The summed E-state index contributed by atoms with van der Waals surface area (Å²) in [5.74, 6) is 0. The van der Waals surface area contributed by atoms with Gasteiger partial charge in [-0.3, -0.25) is 0 Å². The van der Waals surface area contributed by atoms with Crippen LogP contribution in [0.15, 0.2) is 0 Å². The molecule has 3 heteroatoms. The highest BCUT2D eigenvalue weighted by Crippen LogP contribution is 2.20. The van der Waals surface area contributed by atoms with Crippen molar-refractivity contribution in [2.45, 2.75) is 29.4 Å². The average molecular weight is 323 g/mol. The Labute approximate surface area is 82.2 Å². The van der Waals surface area contributed by atoms with Crippen molar-refractivity contribution in [3.63, 3.8) is 0 Å². The molecule has 0 nitrogen and oxygen atoms in total. The highest BCUT2D eigenvalue weighted by Gasteiger charge is 2.12. The fraction of sp³-hybridized carbons (Fsp3) is 1.00. The van der Waals surface area contributed by atoms with Crippen LogP contribution in [0.25, 0.3) is 0 Å². The first kappa shape index (κ1) is 10.4. The van der Waals surface area contributed by atoms with E-state index < -0.39 is 0 Å². The van der Waals surface area contributed by atoms with Gasteiger partial charge < -0.3 is 0 Å². The SMILES string of the molecule is CCCC(Br)C(Br)CBr. The lowest BCUT2D eigenvalue weighted by molar-refractivity contribution is 0.752. The van der Waals surface area contributed by atoms with Crippen molar-refractivity contribution in [2.75, 3.05) is 5.33 Å². The highest BCUT2D eigenvalue weighted by molar-refractivity contribution is 9.13. The molecule has 0 saturated carbocycles. The molecule has 0 aliphatic carbocycles. The second-order valence-electron chi connectivity index (χ2n) is 1.97. The summed E-state index contributed by atoms with van der Waals surface area (Å²) in [6, 6.07) is 0. The topological polar surface area (TPSA) is 0 Å². The van der Waals surface area contributed by atoms with Gasteiger partial charge in [-0.05, 0) is 6.42 Å². The van der Waals surface area contributed by atoms with E-state index in [0.29, 0.717) is 9.65 Å². The van der Waals surface area contributed by atoms with Gasteiger partial charge in [0.2, 0.25) is 0 Å². The first-order chi connectivity index (χ1) is 4.22. The Morgan fingerprint density at radius 1 is 1.22 bits per heavy atom. The minimum absolute atomic E-state index is 0.567. The van der Waals surface area contributed by atoms with E-state index in [9.17, 15) is 0 Å². The normalized spacial score (nSPS) is 17.3. The Morgan fingerprint density at radius 2 is 1.78 bits per heavy atom. The fourth-order valence-corrected chi connectivity index (χ4v) is 2.42. The maximum absolute atomic E-state index is 3.59. The summed E-state index contributed by atoms with van der Waals surface area (Å²) in [4.78, 5) is 1.18. The first-order valence-corrected chi connectivity index (χ1v) is 6.01. The highest BCUT2D eigenvalue weighted by atomic mass is 79.9. The van der Waals surface area contributed by atoms with Crippen LogP contribution < -0.4 is 0 Å². The maximum Gasteiger partial charge on any atom is 0.0367 e. The quantitative estimate of drug-likeness (QED) is 0.692. The summed E-state index contributed by atoms with van der Waals surface area (Å²) >= 11 is 10.5. The zero-order valence-corrected chi connectivity index (χ0v) is 10.2. The van der Waals surface area contributed by atoms with Gasteiger partial charge in [0.05, 0.1) is 0 Å². The molecule has 0 heterocycles. The minimum atomic E-state index is 0.567. The molecule has 0 N–H and O–H groups in total. The van der Waals surface area contributed by atoms with E-state index in [2.05, 4.69) is 54.7 Å². The fourth-order valence-electron chi connectivity index (χ4n) is 0.553. The lowest BCUT2D eigenvalue weighted by atomic mass is 10.2. The molecule has 0 bridgehead atoms. The molecule has 0 amide bonds. The van der Waals surface area contributed by atoms with Gasteiger partial charge >= 0.3 is 0 Å². The van der Waals surface area contributed by atoms with E-state index in [1.807, 2.05) is 0 Å². The molecule has 9 heavy (non-hydrogen) atoms. The third kappa shape index (κ3) is 4.79. The van der Waals surface area contributed by atoms with Crippen molar-refractivity contribution < 1.29 is 0 Å². The summed E-state index contributed by atoms with van der Waals surface area (Å²) in [5, 5.41) is 1.02. The average Bonchev–Trinajstić information content (AvgIpc) is 1.87. The molecule has 0 spiro atoms. The molecule has 0 saturated heterocycles. The van der Waals surface area contributed by atoms with Crippen molar-refractivity contribution in [2.24, 2.45) is 0 Å². The molecule has 0 fully saturated rings. The van der Waals surface area contributed by atoms with Crippen LogP contribution in [0.2, 0.25) is 0 Å². The Morgan fingerprint density at radius 3 is 2.11 bits per heavy atom. The van der Waals surface area contributed by atoms with Gasteiger partial charge in [-0.1, -0.05) is 61.1 Å². The van der Waals surface area contributed by atoms with Crippen LogP contribution in [0, 0.1) is 0 Å². The summed E-state index contributed by atoms with van der Waals surface area (Å²) in [6.45, 7) is 2.20. The molecule has 2 unspecified atom stereocenters. The minimum Gasteiger partial charge on any atom is -0.0916 e. The first-order valence-electron chi connectivity index (χ1n) is 3.06. The van der Waals surface area contributed by atoms with E-state index in [1.165, 1.54) is 12.8 Å². The lowest BCUT2D eigenvalue weighted by Gasteiger charge is -2.11. The third-order valence-corrected chi connectivity index (χ3v) is 5.44. The van der Waals surface area contributed by atoms with E-state index in [1.54, 1.807) is 0 Å². The van der Waals surface area contributed by atoms with Crippen LogP contribution >= 0.6 is 47.8 Å². The molecular formula is C6H11Br3. The van der Waals surface area contributed by atoms with E-state index >= 15 is 0 Å². The molecule has 0 aromatic rings. The largest absolute Gasteiger partial charge is 0.0916 e. The second-order valence-corrected chi connectivity index (χ2v) is 4.97. The van der Waals surface area contributed by atoms with E-state index in [4.69, 9.17) is 0 Å². The van der Waals surface area contributed by atoms with Gasteiger partial charge in [-0.25, -0.2) is 0 Å². The molecule has 2 atom stereocenters. The number of hydrogen-bond donors (Lipinski definition) is 0. The van der Waals surface area contributed by atoms with Crippen molar-refractivity contribution >= 4 is 47.8 Å². The predicted molar refractivity (Wildman–Crippen MR) is 54.1 cm³/mol. The van der Waals surface area contributed by atoms with Crippen LogP contribution in [-0.2, 0) is 0 Å². The molecule has 0 aliphatic rings. The van der Waals surface area contributed by atoms with Gasteiger partial charge in [0.1, 0.15) is 0 Å². The zero-order chi connectivity index (χ0) is 7.28. The number of rotatable bonds is 4. The van der Waals surface area contributed by atoms with E-state index in [0.717, 1.165) is 5.33 Å². The molecule has 0 radical (unpaired) electrons. The van der Waals surface area contributed by atoms with E-state index in [-0.39, 0.29) is 0 Å². The monoisotopic (exact) mass is 320 g/mol. The van der Waals surface area contributed by atoms with Gasteiger partial charge in [-0.2, -0.15) is 0 Å². The molecular weight excluding hydrogens is 312 g/mol. The zero-order valence-electron chi connectivity index (χ0n) is 5.41. The van der Waals surface area contributed by atoms with Crippen molar-refractivity contribution in [1.29, 1.82) is 0 Å². The third-order valence-electron chi connectivity index (χ3n) is 1.10. The second kappa shape index (κ2) is 6.17. The Bertz CT molecular complexity index is 65.3. The molecule has 0 aromatic carbocycles. The van der Waals surface area contributed by atoms with Crippen LogP contribution in [0.5, 0.6) is 0 Å². The van der Waals surface area contributed by atoms with Gasteiger partial charge in [0, 0.05) is 15.0 Å². The Hall–Kier alpha value is 1.44. The van der Waals surface area contributed by atoms with Crippen molar-refractivity contribution in [1.82, 2.24) is 0 Å².